The number of rotatable bonds is 5. The molecule has 3 fully saturated rings. The molecule has 10 atom stereocenters. The molecule has 0 amide bonds. The molecule has 0 spiro atoms. The topological polar surface area (TPSA) is 160 Å². The third-order valence-electron chi connectivity index (χ3n) is 12.1. The van der Waals surface area contributed by atoms with Gasteiger partial charge in [-0.15, -0.1) is 0 Å². The first-order valence-corrected chi connectivity index (χ1v) is 15.4. The average molecular weight is 1070 g/mol. The molecule has 1 aromatic rings. The molecule has 248 valence electrons. The van der Waals surface area contributed by atoms with E-state index in [9.17, 15) is 34.8 Å². The molecule has 10 nitrogen and oxygen atoms in total. The molecule has 1 saturated heterocycles. The Labute approximate surface area is 342 Å². The summed E-state index contributed by atoms with van der Waals surface area (Å²) in [5, 5.41) is 49.0. The average Bonchev–Trinajstić information content (AvgIpc) is 2.97. The van der Waals surface area contributed by atoms with Gasteiger partial charge in [0.1, 0.15) is 29.5 Å². The molecule has 2 radical (unpaired) electrons. The second kappa shape index (κ2) is 13.8. The zero-order valence-electron chi connectivity index (χ0n) is 27.9. The van der Waals surface area contributed by atoms with Crippen LogP contribution in [0.3, 0.4) is 0 Å². The molecule has 0 aromatic heterocycles. The van der Waals surface area contributed by atoms with Crippen LogP contribution in [0.2, 0.25) is 0 Å². The fraction of sp³-hybridized carbons (Fsp3) is 0.676. The van der Waals surface area contributed by atoms with E-state index in [2.05, 4.69) is 0 Å². The van der Waals surface area contributed by atoms with Gasteiger partial charge < -0.3 is 34.6 Å². The molecule has 1 aromatic carbocycles. The van der Waals surface area contributed by atoms with Gasteiger partial charge in [0.2, 0.25) is 0 Å². The van der Waals surface area contributed by atoms with Crippen molar-refractivity contribution < 1.29 is 137 Å². The van der Waals surface area contributed by atoms with Gasteiger partial charge in [-0.05, 0) is 43.0 Å². The number of benzene rings is 1. The van der Waals surface area contributed by atoms with Crippen LogP contribution in [-0.4, -0.2) is 86.5 Å². The van der Waals surface area contributed by atoms with Gasteiger partial charge in [0.05, 0.1) is 41.1 Å². The molecule has 3 aliphatic carbocycles. The number of esters is 2. The Morgan fingerprint density at radius 3 is 2.07 bits per heavy atom. The number of ketones is 1. The van der Waals surface area contributed by atoms with Crippen LogP contribution in [0.25, 0.3) is 0 Å². The van der Waals surface area contributed by atoms with Crippen molar-refractivity contribution in [2.75, 3.05) is 6.61 Å². The summed E-state index contributed by atoms with van der Waals surface area (Å²) in [5.74, 6) is -2.64. The van der Waals surface area contributed by atoms with Crippen LogP contribution < -0.4 is 0 Å². The van der Waals surface area contributed by atoms with Gasteiger partial charge in [-0.1, -0.05) is 59.7 Å². The van der Waals surface area contributed by atoms with E-state index in [1.54, 1.807) is 58.0 Å². The summed E-state index contributed by atoms with van der Waals surface area (Å²) in [6, 6.07) is 8.14. The fourth-order valence-electron chi connectivity index (χ4n) is 8.35. The third kappa shape index (κ3) is 5.54. The standard InChI is InChI=1S/C34H46O10.2Ac/c1-17(2)18(3)27(38)43-21-15-33(40)29(44-28(39)20-12-10-9-11-13-20)32(8)31(7,22(35)14-23-34(32,41)16-42-23)26(37)25(36)24(19(21)4)30(33,5)6;;/h9-13,17-18,21-23,25,29,35-36,40-41H,14-16H2,1-8H3;;/t18-,21?,22?,23?,25?,29?,31+,32?,33?,34?;;/m1../s1. The zero-order chi connectivity index (χ0) is 32.8. The molecule has 12 heteroatoms. The summed E-state index contributed by atoms with van der Waals surface area (Å²) in [7, 11) is 0. The predicted molar refractivity (Wildman–Crippen MR) is 158 cm³/mol. The molecular weight excluding hydrogens is 1020 g/mol. The molecular formula is C34H46Ac2O10. The van der Waals surface area contributed by atoms with Crippen LogP contribution in [0.5, 0.6) is 0 Å². The Kier molecular flexibility index (Phi) is 12.2. The van der Waals surface area contributed by atoms with Gasteiger partial charge in [-0.25, -0.2) is 4.79 Å². The van der Waals surface area contributed by atoms with E-state index in [4.69, 9.17) is 14.2 Å². The van der Waals surface area contributed by atoms with E-state index in [0.29, 0.717) is 5.57 Å². The summed E-state index contributed by atoms with van der Waals surface area (Å²) in [6.45, 7) is 13.2. The minimum Gasteiger partial charge on any atom is -0.458 e. The molecule has 4 aliphatic rings. The minimum absolute atomic E-state index is 0. The predicted octanol–water partition coefficient (Wildman–Crippen LogP) is 2.74. The monoisotopic (exact) mass is 1070 g/mol. The van der Waals surface area contributed by atoms with Crippen molar-refractivity contribution >= 4 is 17.7 Å². The van der Waals surface area contributed by atoms with Crippen molar-refractivity contribution in [2.24, 2.45) is 28.1 Å². The van der Waals surface area contributed by atoms with E-state index < -0.39 is 81.6 Å². The molecule has 4 N–H and O–H groups in total. The number of hydrogen-bond acceptors (Lipinski definition) is 10. The van der Waals surface area contributed by atoms with Crippen molar-refractivity contribution in [2.45, 2.75) is 110 Å². The SMILES string of the molecule is CC1=C2C(O)C(=O)[C@]3(C)C(O)CC4OCC4(O)C3(C)C(OC(=O)c3ccccc3)C(O)(CC1OC(=O)[C@H](C)C(C)C)C2(C)C.[Ac].[Ac]. The summed E-state index contributed by atoms with van der Waals surface area (Å²) >= 11 is 0. The van der Waals surface area contributed by atoms with Crippen LogP contribution in [0, 0.1) is 116 Å². The first-order chi connectivity index (χ1) is 20.3. The quantitative estimate of drug-likeness (QED) is 0.256. The van der Waals surface area contributed by atoms with Crippen molar-refractivity contribution in [3.05, 3.63) is 47.0 Å². The van der Waals surface area contributed by atoms with Crippen molar-refractivity contribution in [1.29, 1.82) is 0 Å². The number of carbonyl (C=O) groups is 3. The number of fused-ring (bicyclic) bond motifs is 5. The number of aliphatic hydroxyl groups excluding tert-OH is 2. The second-order valence-electron chi connectivity index (χ2n) is 14.6. The molecule has 1 heterocycles. The molecule has 5 rings (SSSR count). The van der Waals surface area contributed by atoms with Crippen LogP contribution in [0.1, 0.15) is 78.6 Å². The van der Waals surface area contributed by atoms with Crippen LogP contribution in [0.4, 0.5) is 0 Å². The smallest absolute Gasteiger partial charge is 0.338 e. The Balaban J connectivity index is 0.00000288. The maximum Gasteiger partial charge on any atom is 0.338 e. The number of aliphatic hydroxyl groups is 4. The Morgan fingerprint density at radius 2 is 1.54 bits per heavy atom. The molecule has 46 heavy (non-hydrogen) atoms. The second-order valence-corrected chi connectivity index (χ2v) is 14.6. The van der Waals surface area contributed by atoms with E-state index in [1.165, 1.54) is 13.8 Å². The molecule has 2 saturated carbocycles. The van der Waals surface area contributed by atoms with Crippen LogP contribution in [-0.2, 0) is 23.8 Å². The Hall–Kier alpha value is 0.253. The number of hydrogen-bond donors (Lipinski definition) is 4. The fourth-order valence-corrected chi connectivity index (χ4v) is 8.35. The molecule has 2 bridgehead atoms. The summed E-state index contributed by atoms with van der Waals surface area (Å²) < 4.78 is 18.0. The third-order valence-corrected chi connectivity index (χ3v) is 12.1. The van der Waals surface area contributed by atoms with Crippen LogP contribution >= 0.6 is 0 Å². The van der Waals surface area contributed by atoms with E-state index in [0.717, 1.165) is 0 Å². The normalized spacial score (nSPS) is 40.0. The first-order valence-electron chi connectivity index (χ1n) is 15.4. The number of carbonyl (C=O) groups excluding carboxylic acids is 3. The van der Waals surface area contributed by atoms with Gasteiger partial charge >= 0.3 is 11.9 Å². The summed E-state index contributed by atoms with van der Waals surface area (Å²) in [5.41, 5.74) is -8.49. The van der Waals surface area contributed by atoms with Gasteiger partial charge in [-0.2, -0.15) is 0 Å². The number of Topliss-reactive ketones (excluding diaryl/α,β-unsaturated/α-hetero) is 1. The van der Waals surface area contributed by atoms with Crippen molar-refractivity contribution in [3.63, 3.8) is 0 Å². The van der Waals surface area contributed by atoms with E-state index in [-0.39, 0.29) is 125 Å². The largest absolute Gasteiger partial charge is 0.458 e. The maximum atomic E-state index is 14.6. The van der Waals surface area contributed by atoms with E-state index in [1.807, 2.05) is 13.8 Å². The molecule has 8 unspecified atom stereocenters. The Bertz CT molecular complexity index is 1400. The van der Waals surface area contributed by atoms with Gasteiger partial charge in [-0.3, -0.25) is 9.59 Å². The van der Waals surface area contributed by atoms with Crippen molar-refractivity contribution in [3.8, 4) is 0 Å². The Morgan fingerprint density at radius 1 is 0.957 bits per heavy atom. The zero-order valence-corrected chi connectivity index (χ0v) is 37.4. The minimum atomic E-state index is -2.12. The summed E-state index contributed by atoms with van der Waals surface area (Å²) in [6.07, 6.45) is -7.27. The van der Waals surface area contributed by atoms with E-state index >= 15 is 0 Å². The van der Waals surface area contributed by atoms with Gasteiger partial charge in [0.15, 0.2) is 5.78 Å². The van der Waals surface area contributed by atoms with Crippen molar-refractivity contribution in [1.82, 2.24) is 0 Å². The molecule has 1 aliphatic heterocycles. The van der Waals surface area contributed by atoms with Crippen LogP contribution in [0.15, 0.2) is 41.5 Å². The number of ether oxygens (including phenoxy) is 3. The van der Waals surface area contributed by atoms with Gasteiger partial charge in [0.25, 0.3) is 0 Å². The summed E-state index contributed by atoms with van der Waals surface area (Å²) in [4.78, 5) is 41.7. The van der Waals surface area contributed by atoms with Gasteiger partial charge in [0, 0.05) is 106 Å². The first kappa shape index (κ1) is 40.7. The maximum absolute atomic E-state index is 14.6.